The predicted molar refractivity (Wildman–Crippen MR) is 102 cm³/mol. The molecular formula is C20H25N3O3S. The number of rotatable bonds is 8. The summed E-state index contributed by atoms with van der Waals surface area (Å²) in [5, 5.41) is 8.81. The van der Waals surface area contributed by atoms with Gasteiger partial charge in [-0.2, -0.15) is 0 Å². The minimum atomic E-state index is -0.205. The first-order valence-corrected chi connectivity index (χ1v) is 10.6. The molecule has 144 valence electrons. The van der Waals surface area contributed by atoms with Crippen molar-refractivity contribution >= 4 is 23.2 Å². The number of nitrogens with zero attached hydrogens (tertiary/aromatic N) is 2. The Bertz CT molecular complexity index is 776. The lowest BCUT2D eigenvalue weighted by atomic mass is 10.1. The van der Waals surface area contributed by atoms with Crippen LogP contribution in [-0.4, -0.2) is 28.4 Å². The third-order valence-corrected chi connectivity index (χ3v) is 6.19. The number of aromatic nitrogens is 1. The SMILES string of the molecule is O=C(NCC1CC1)c1cc(CN(Cc2cccs2)C(=O)C2CCCC2)on1. The summed E-state index contributed by atoms with van der Waals surface area (Å²) in [6.07, 6.45) is 6.54. The maximum atomic E-state index is 13.0. The largest absolute Gasteiger partial charge is 0.359 e. The number of amides is 2. The number of hydrogen-bond donors (Lipinski definition) is 1. The van der Waals surface area contributed by atoms with E-state index < -0.39 is 0 Å². The molecule has 2 amide bonds. The number of hydrogen-bond acceptors (Lipinski definition) is 5. The molecule has 0 atom stereocenters. The van der Waals surface area contributed by atoms with E-state index in [9.17, 15) is 9.59 Å². The minimum Gasteiger partial charge on any atom is -0.359 e. The maximum Gasteiger partial charge on any atom is 0.273 e. The maximum absolute atomic E-state index is 13.0. The van der Waals surface area contributed by atoms with Gasteiger partial charge < -0.3 is 14.7 Å². The molecule has 2 aromatic heterocycles. The number of thiophene rings is 1. The Kier molecular flexibility index (Phi) is 5.57. The first-order valence-electron chi connectivity index (χ1n) is 9.74. The number of nitrogens with one attached hydrogen (secondary N) is 1. The number of carbonyl (C=O) groups excluding carboxylic acids is 2. The van der Waals surface area contributed by atoms with Crippen molar-refractivity contribution in [3.63, 3.8) is 0 Å². The van der Waals surface area contributed by atoms with Crippen LogP contribution in [0.4, 0.5) is 0 Å². The summed E-state index contributed by atoms with van der Waals surface area (Å²) in [5.41, 5.74) is 0.287. The van der Waals surface area contributed by atoms with Crippen LogP contribution in [0, 0.1) is 11.8 Å². The van der Waals surface area contributed by atoms with Crippen molar-refractivity contribution < 1.29 is 14.1 Å². The molecule has 2 aromatic rings. The fraction of sp³-hybridized carbons (Fsp3) is 0.550. The molecular weight excluding hydrogens is 362 g/mol. The molecule has 1 N–H and O–H groups in total. The first-order chi connectivity index (χ1) is 13.2. The van der Waals surface area contributed by atoms with E-state index in [1.807, 2.05) is 22.4 Å². The lowest BCUT2D eigenvalue weighted by Crippen LogP contribution is -2.34. The highest BCUT2D eigenvalue weighted by atomic mass is 32.1. The van der Waals surface area contributed by atoms with Crippen molar-refractivity contribution in [2.75, 3.05) is 6.54 Å². The Morgan fingerprint density at radius 3 is 2.74 bits per heavy atom. The Hall–Kier alpha value is -2.15. The van der Waals surface area contributed by atoms with Crippen LogP contribution >= 0.6 is 11.3 Å². The monoisotopic (exact) mass is 387 g/mol. The molecule has 2 fully saturated rings. The average Bonchev–Trinajstić information content (AvgIpc) is 3.13. The van der Waals surface area contributed by atoms with Gasteiger partial charge in [0.2, 0.25) is 5.91 Å². The van der Waals surface area contributed by atoms with Gasteiger partial charge >= 0.3 is 0 Å². The second-order valence-electron chi connectivity index (χ2n) is 7.59. The minimum absolute atomic E-state index is 0.106. The van der Waals surface area contributed by atoms with E-state index in [4.69, 9.17) is 4.52 Å². The highest BCUT2D eigenvalue weighted by molar-refractivity contribution is 7.09. The van der Waals surface area contributed by atoms with E-state index in [1.165, 1.54) is 12.8 Å². The Morgan fingerprint density at radius 2 is 2.04 bits per heavy atom. The van der Waals surface area contributed by atoms with E-state index in [-0.39, 0.29) is 23.4 Å². The van der Waals surface area contributed by atoms with Crippen LogP contribution in [0.25, 0.3) is 0 Å². The molecule has 0 aromatic carbocycles. The molecule has 6 nitrogen and oxygen atoms in total. The zero-order valence-electron chi connectivity index (χ0n) is 15.4. The van der Waals surface area contributed by atoms with Gasteiger partial charge in [0.05, 0.1) is 13.1 Å². The van der Waals surface area contributed by atoms with E-state index in [0.29, 0.717) is 31.3 Å². The smallest absolute Gasteiger partial charge is 0.273 e. The quantitative estimate of drug-likeness (QED) is 0.751. The molecule has 0 radical (unpaired) electrons. The summed E-state index contributed by atoms with van der Waals surface area (Å²) < 4.78 is 5.37. The Balaban J connectivity index is 1.42. The normalized spacial score (nSPS) is 17.2. The van der Waals surface area contributed by atoms with Gasteiger partial charge in [0.1, 0.15) is 0 Å². The summed E-state index contributed by atoms with van der Waals surface area (Å²) in [6.45, 7) is 1.61. The zero-order chi connectivity index (χ0) is 18.6. The summed E-state index contributed by atoms with van der Waals surface area (Å²) in [4.78, 5) is 28.1. The van der Waals surface area contributed by atoms with Crippen LogP contribution in [-0.2, 0) is 17.9 Å². The molecule has 7 heteroatoms. The standard InChI is InChI=1S/C20H25N3O3S/c24-19(21-11-14-7-8-14)18-10-16(26-22-18)12-23(13-17-6-3-9-27-17)20(25)15-4-1-2-5-15/h3,6,9-10,14-15H,1-2,4-5,7-8,11-13H2,(H,21,24). The van der Waals surface area contributed by atoms with Crippen LogP contribution in [0.15, 0.2) is 28.1 Å². The van der Waals surface area contributed by atoms with Gasteiger partial charge in [0, 0.05) is 23.4 Å². The van der Waals surface area contributed by atoms with Gasteiger partial charge in [-0.05, 0) is 43.0 Å². The summed E-state index contributed by atoms with van der Waals surface area (Å²) in [7, 11) is 0. The summed E-state index contributed by atoms with van der Waals surface area (Å²) >= 11 is 1.64. The third kappa shape index (κ3) is 4.77. The van der Waals surface area contributed by atoms with Crippen molar-refractivity contribution in [1.82, 2.24) is 15.4 Å². The van der Waals surface area contributed by atoms with Gasteiger partial charge in [-0.1, -0.05) is 24.1 Å². The van der Waals surface area contributed by atoms with Crippen molar-refractivity contribution in [3.05, 3.63) is 39.9 Å². The van der Waals surface area contributed by atoms with Crippen molar-refractivity contribution in [2.24, 2.45) is 11.8 Å². The molecule has 2 saturated carbocycles. The molecule has 0 unspecified atom stereocenters. The van der Waals surface area contributed by atoms with Crippen molar-refractivity contribution in [3.8, 4) is 0 Å². The molecule has 0 aliphatic heterocycles. The highest BCUT2D eigenvalue weighted by Crippen LogP contribution is 2.29. The van der Waals surface area contributed by atoms with Crippen LogP contribution in [0.3, 0.4) is 0 Å². The average molecular weight is 388 g/mol. The lowest BCUT2D eigenvalue weighted by Gasteiger charge is -2.24. The first kappa shape index (κ1) is 18.2. The fourth-order valence-electron chi connectivity index (χ4n) is 3.57. The van der Waals surface area contributed by atoms with E-state index in [1.54, 1.807) is 17.4 Å². The van der Waals surface area contributed by atoms with Crippen LogP contribution < -0.4 is 5.32 Å². The molecule has 2 aliphatic rings. The van der Waals surface area contributed by atoms with Crippen LogP contribution in [0.5, 0.6) is 0 Å². The van der Waals surface area contributed by atoms with Crippen molar-refractivity contribution in [1.29, 1.82) is 0 Å². The molecule has 27 heavy (non-hydrogen) atoms. The molecule has 4 rings (SSSR count). The highest BCUT2D eigenvalue weighted by Gasteiger charge is 2.29. The van der Waals surface area contributed by atoms with E-state index in [0.717, 1.165) is 30.6 Å². The number of carbonyl (C=O) groups is 2. The molecule has 2 heterocycles. The fourth-order valence-corrected chi connectivity index (χ4v) is 4.28. The van der Waals surface area contributed by atoms with Gasteiger partial charge in [-0.25, -0.2) is 0 Å². The van der Waals surface area contributed by atoms with E-state index in [2.05, 4.69) is 10.5 Å². The second kappa shape index (κ2) is 8.25. The van der Waals surface area contributed by atoms with Gasteiger partial charge in [0.25, 0.3) is 5.91 Å². The third-order valence-electron chi connectivity index (χ3n) is 5.33. The molecule has 0 spiro atoms. The summed E-state index contributed by atoms with van der Waals surface area (Å²) in [5.74, 6) is 1.25. The van der Waals surface area contributed by atoms with Gasteiger partial charge in [-0.3, -0.25) is 9.59 Å². The van der Waals surface area contributed by atoms with Crippen molar-refractivity contribution in [2.45, 2.75) is 51.6 Å². The van der Waals surface area contributed by atoms with E-state index >= 15 is 0 Å². The molecule has 2 aliphatic carbocycles. The zero-order valence-corrected chi connectivity index (χ0v) is 16.2. The van der Waals surface area contributed by atoms with Crippen LogP contribution in [0.2, 0.25) is 0 Å². The molecule has 0 bridgehead atoms. The lowest BCUT2D eigenvalue weighted by molar-refractivity contribution is -0.136. The molecule has 0 saturated heterocycles. The van der Waals surface area contributed by atoms with Crippen LogP contribution in [0.1, 0.15) is 59.7 Å². The Labute approximate surface area is 162 Å². The summed E-state index contributed by atoms with van der Waals surface area (Å²) in [6, 6.07) is 5.69. The van der Waals surface area contributed by atoms with Gasteiger partial charge in [0.15, 0.2) is 11.5 Å². The second-order valence-corrected chi connectivity index (χ2v) is 8.62. The Morgan fingerprint density at radius 1 is 1.22 bits per heavy atom. The predicted octanol–water partition coefficient (Wildman–Crippen LogP) is 3.59. The topological polar surface area (TPSA) is 75.4 Å². The van der Waals surface area contributed by atoms with Gasteiger partial charge in [-0.15, -0.1) is 11.3 Å².